The molecule has 0 aromatic heterocycles. The Morgan fingerprint density at radius 2 is 1.77 bits per heavy atom. The molecule has 0 aromatic rings. The predicted octanol–water partition coefficient (Wildman–Crippen LogP) is 0.179. The zero-order valence-corrected chi connectivity index (χ0v) is 19.4. The second-order valence-electron chi connectivity index (χ2n) is 11.7. The van der Waals surface area contributed by atoms with E-state index in [2.05, 4.69) is 4.72 Å². The van der Waals surface area contributed by atoms with Crippen LogP contribution in [0.1, 0.15) is 40.5 Å². The molecule has 2 saturated heterocycles. The van der Waals surface area contributed by atoms with Crippen LogP contribution in [0.4, 0.5) is 0 Å². The minimum absolute atomic E-state index is 0.105. The number of carbonyl (C=O) groups is 1. The van der Waals surface area contributed by atoms with Gasteiger partial charge < -0.3 is 20.1 Å². The maximum Gasteiger partial charge on any atom is 0.209 e. The van der Waals surface area contributed by atoms with E-state index in [-0.39, 0.29) is 18.3 Å². The Kier molecular flexibility index (Phi) is 4.11. The number of aliphatic hydroxyl groups excluding tert-OH is 2. The van der Waals surface area contributed by atoms with Crippen LogP contribution >= 0.6 is 0 Å². The van der Waals surface area contributed by atoms with Crippen molar-refractivity contribution >= 4 is 15.8 Å². The van der Waals surface area contributed by atoms with Crippen molar-refractivity contribution in [3.8, 4) is 0 Å². The fourth-order valence-electron chi connectivity index (χ4n) is 8.44. The van der Waals surface area contributed by atoms with E-state index in [0.717, 1.165) is 6.26 Å². The minimum Gasteiger partial charge on any atom is -0.392 e. The SMILES string of the molecule is CC1(C)C(=O)C23[C@@H](CC[C@@H]1[C@@H]2O)[C@]12C=C[C@H](NS(C)(=O)=O)C(C)(C)[C@H]1[C@H](O)[C@@]3(O)OC2. The van der Waals surface area contributed by atoms with Crippen molar-refractivity contribution in [3.05, 3.63) is 12.2 Å². The Balaban J connectivity index is 1.74. The standard InChI is InChI=1S/C22H33NO7S/c1-18(2)11-6-7-12-20-9-8-13(23-31(5,28)29)19(3,4)14(20)16(25)22(27,30-10-20)21(12,15(11)24)17(18)26/h8-9,11-16,23-25,27H,6-7,10H2,1-5H3/t11-,12+,13+,14-,15+,16+,20-,21?,22-/m1/s1. The molecular weight excluding hydrogens is 422 g/mol. The highest BCUT2D eigenvalue weighted by Crippen LogP contribution is 2.77. The number of fused-ring (bicyclic) bond motifs is 2. The smallest absolute Gasteiger partial charge is 0.209 e. The van der Waals surface area contributed by atoms with Gasteiger partial charge in [-0.2, -0.15) is 0 Å². The lowest BCUT2D eigenvalue weighted by molar-refractivity contribution is -0.437. The normalized spacial score (nSPS) is 53.9. The number of ether oxygens (including phenoxy) is 1. The molecule has 6 rings (SSSR count). The van der Waals surface area contributed by atoms with E-state index in [0.29, 0.717) is 12.8 Å². The number of hydrogen-bond acceptors (Lipinski definition) is 7. The molecule has 3 saturated carbocycles. The fourth-order valence-corrected chi connectivity index (χ4v) is 9.28. The third-order valence-corrected chi connectivity index (χ3v) is 10.4. The third-order valence-electron chi connectivity index (χ3n) is 9.67. The van der Waals surface area contributed by atoms with Crippen LogP contribution < -0.4 is 4.72 Å². The van der Waals surface area contributed by atoms with Crippen molar-refractivity contribution in [3.63, 3.8) is 0 Å². The number of aliphatic hydroxyl groups is 3. The van der Waals surface area contributed by atoms with Crippen LogP contribution in [0.25, 0.3) is 0 Å². The highest BCUT2D eigenvalue weighted by atomic mass is 32.2. The Morgan fingerprint density at radius 3 is 2.39 bits per heavy atom. The molecular formula is C22H33NO7S. The van der Waals surface area contributed by atoms with Crippen LogP contribution in [-0.2, 0) is 19.6 Å². The molecule has 0 radical (unpaired) electrons. The summed E-state index contributed by atoms with van der Waals surface area (Å²) in [5.41, 5.74) is -4.03. The van der Waals surface area contributed by atoms with Gasteiger partial charge >= 0.3 is 0 Å². The molecule has 4 N–H and O–H groups in total. The van der Waals surface area contributed by atoms with Gasteiger partial charge in [-0.3, -0.25) is 4.79 Å². The molecule has 0 amide bonds. The summed E-state index contributed by atoms with van der Waals surface area (Å²) >= 11 is 0. The molecule has 9 atom stereocenters. The van der Waals surface area contributed by atoms with Gasteiger partial charge in [-0.1, -0.05) is 39.8 Å². The maximum atomic E-state index is 13.9. The number of carbonyl (C=O) groups excluding carboxylic acids is 1. The van der Waals surface area contributed by atoms with Crippen LogP contribution in [0.2, 0.25) is 0 Å². The molecule has 31 heavy (non-hydrogen) atoms. The van der Waals surface area contributed by atoms with Crippen molar-refractivity contribution in [1.29, 1.82) is 0 Å². The first-order valence-electron chi connectivity index (χ1n) is 11.0. The highest BCUT2D eigenvalue weighted by Gasteiger charge is 2.87. The summed E-state index contributed by atoms with van der Waals surface area (Å²) in [4.78, 5) is 13.9. The molecule has 2 spiro atoms. The average molecular weight is 456 g/mol. The Morgan fingerprint density at radius 1 is 1.13 bits per heavy atom. The third kappa shape index (κ3) is 2.19. The Bertz CT molecular complexity index is 990. The number of hydrogen-bond donors (Lipinski definition) is 4. The Labute approximate surface area is 183 Å². The van der Waals surface area contributed by atoms with Gasteiger partial charge in [0, 0.05) is 22.8 Å². The monoisotopic (exact) mass is 455 g/mol. The van der Waals surface area contributed by atoms with E-state index in [1.807, 2.05) is 19.9 Å². The summed E-state index contributed by atoms with van der Waals surface area (Å²) in [5, 5.41) is 35.0. The summed E-state index contributed by atoms with van der Waals surface area (Å²) in [6.07, 6.45) is 3.45. The lowest BCUT2D eigenvalue weighted by Gasteiger charge is -2.73. The minimum atomic E-state index is -3.52. The van der Waals surface area contributed by atoms with Gasteiger partial charge in [0.1, 0.15) is 11.5 Å². The molecule has 4 aliphatic carbocycles. The zero-order chi connectivity index (χ0) is 23.0. The van der Waals surface area contributed by atoms with E-state index in [4.69, 9.17) is 4.74 Å². The lowest BCUT2D eigenvalue weighted by Crippen LogP contribution is -2.84. The van der Waals surface area contributed by atoms with E-state index in [1.54, 1.807) is 19.9 Å². The Hall–Kier alpha value is -0.840. The van der Waals surface area contributed by atoms with Gasteiger partial charge in [0.2, 0.25) is 15.8 Å². The topological polar surface area (TPSA) is 133 Å². The van der Waals surface area contributed by atoms with E-state index in [1.165, 1.54) is 0 Å². The molecule has 4 bridgehead atoms. The first-order chi connectivity index (χ1) is 14.1. The summed E-state index contributed by atoms with van der Waals surface area (Å²) in [6.45, 7) is 7.46. The predicted molar refractivity (Wildman–Crippen MR) is 111 cm³/mol. The summed E-state index contributed by atoms with van der Waals surface area (Å²) in [7, 11) is -3.52. The molecule has 1 unspecified atom stereocenters. The largest absolute Gasteiger partial charge is 0.392 e. The van der Waals surface area contributed by atoms with E-state index in [9.17, 15) is 28.5 Å². The second-order valence-corrected chi connectivity index (χ2v) is 13.4. The molecule has 5 fully saturated rings. The first-order valence-corrected chi connectivity index (χ1v) is 12.9. The lowest BCUT2D eigenvalue weighted by atomic mass is 9.37. The van der Waals surface area contributed by atoms with E-state index < -0.39 is 67.6 Å². The van der Waals surface area contributed by atoms with Crippen molar-refractivity contribution in [2.24, 2.45) is 39.4 Å². The molecule has 174 valence electrons. The van der Waals surface area contributed by atoms with Gasteiger partial charge in [0.25, 0.3) is 0 Å². The number of rotatable bonds is 2. The van der Waals surface area contributed by atoms with Crippen molar-refractivity contribution < 1.29 is 33.3 Å². The molecule has 2 aliphatic heterocycles. The molecule has 6 aliphatic rings. The summed E-state index contributed by atoms with van der Waals surface area (Å²) in [5.74, 6) is -3.78. The van der Waals surface area contributed by atoms with Gasteiger partial charge in [-0.15, -0.1) is 0 Å². The highest BCUT2D eigenvalue weighted by molar-refractivity contribution is 7.88. The quantitative estimate of drug-likeness (QED) is 0.437. The first kappa shape index (κ1) is 22.0. The molecule has 9 heteroatoms. The van der Waals surface area contributed by atoms with Gasteiger partial charge in [0.05, 0.1) is 19.0 Å². The fraction of sp³-hybridized carbons (Fsp3) is 0.864. The van der Waals surface area contributed by atoms with Crippen LogP contribution in [0.15, 0.2) is 12.2 Å². The maximum absolute atomic E-state index is 13.9. The van der Waals surface area contributed by atoms with Crippen LogP contribution in [-0.4, -0.2) is 66.4 Å². The van der Waals surface area contributed by atoms with Gasteiger partial charge in [-0.05, 0) is 30.1 Å². The number of Topliss-reactive ketones (excluding diaryl/α,β-unsaturated/α-hetero) is 1. The summed E-state index contributed by atoms with van der Waals surface area (Å²) < 4.78 is 32.5. The molecule has 0 aromatic carbocycles. The average Bonchev–Trinajstić information content (AvgIpc) is 2.72. The second kappa shape index (κ2) is 5.80. The van der Waals surface area contributed by atoms with Crippen molar-refractivity contribution in [2.45, 2.75) is 64.6 Å². The zero-order valence-electron chi connectivity index (χ0n) is 18.6. The number of nitrogens with one attached hydrogen (secondary N) is 1. The molecule has 8 nitrogen and oxygen atoms in total. The van der Waals surface area contributed by atoms with Crippen LogP contribution in [0, 0.1) is 39.4 Å². The van der Waals surface area contributed by atoms with Gasteiger partial charge in [0.15, 0.2) is 5.78 Å². The van der Waals surface area contributed by atoms with Crippen molar-refractivity contribution in [1.82, 2.24) is 4.72 Å². The van der Waals surface area contributed by atoms with Gasteiger partial charge in [-0.25, -0.2) is 13.1 Å². The van der Waals surface area contributed by atoms with Crippen LogP contribution in [0.5, 0.6) is 0 Å². The molecule has 2 heterocycles. The number of sulfonamides is 1. The summed E-state index contributed by atoms with van der Waals surface area (Å²) in [6, 6.07) is -0.594. The van der Waals surface area contributed by atoms with Crippen LogP contribution in [0.3, 0.4) is 0 Å². The van der Waals surface area contributed by atoms with Crippen molar-refractivity contribution in [2.75, 3.05) is 12.9 Å². The van der Waals surface area contributed by atoms with E-state index >= 15 is 0 Å². The number of ketones is 1.